The zero-order valence-corrected chi connectivity index (χ0v) is 9.07. The topological polar surface area (TPSA) is 58.9 Å². The molecule has 1 aromatic carbocycles. The number of benzene rings is 1. The normalized spacial score (nSPS) is 11.6. The summed E-state index contributed by atoms with van der Waals surface area (Å²) in [7, 11) is 0.0790. The fraction of sp³-hybridized carbons (Fsp3) is 0.333. The second-order valence-corrected chi connectivity index (χ2v) is 5.15. The first-order valence-electron chi connectivity index (χ1n) is 4.10. The fourth-order valence-electron chi connectivity index (χ4n) is 1.04. The molecule has 0 radical (unpaired) electrons. The molecule has 78 valence electrons. The van der Waals surface area contributed by atoms with Crippen molar-refractivity contribution in [3.8, 4) is 5.75 Å². The van der Waals surface area contributed by atoms with Gasteiger partial charge in [-0.2, -0.15) is 13.9 Å². The lowest BCUT2D eigenvalue weighted by molar-refractivity contribution is 0.239. The molecule has 0 fully saturated rings. The SMILES string of the molecule is CO[P+](O)(Cc1ccc(O)cc1)OC. The molecule has 0 spiro atoms. The molecule has 1 rings (SSSR count). The standard InChI is InChI=1S/C9H13O4P/c1-12-14(11,13-2)7-8-3-5-9(10)6-4-8/h3-6,11H,7H2,1-2H3/p+1. The first-order chi connectivity index (χ1) is 6.59. The largest absolute Gasteiger partial charge is 0.508 e. The van der Waals surface area contributed by atoms with E-state index in [9.17, 15) is 4.89 Å². The molecule has 4 nitrogen and oxygen atoms in total. The Bertz CT molecular complexity index is 281. The Hall–Kier alpha value is -0.670. The van der Waals surface area contributed by atoms with Crippen LogP contribution in [0.4, 0.5) is 0 Å². The zero-order chi connectivity index (χ0) is 10.6. The molecule has 0 amide bonds. The minimum Gasteiger partial charge on any atom is -0.508 e. The van der Waals surface area contributed by atoms with Gasteiger partial charge in [-0.05, 0) is 17.7 Å². The van der Waals surface area contributed by atoms with E-state index in [1.54, 1.807) is 24.3 Å². The van der Waals surface area contributed by atoms with Crippen molar-refractivity contribution in [2.24, 2.45) is 0 Å². The second-order valence-electron chi connectivity index (χ2n) is 2.83. The highest BCUT2D eigenvalue weighted by molar-refractivity contribution is 7.59. The maximum atomic E-state index is 9.76. The quantitative estimate of drug-likeness (QED) is 0.756. The number of phenols is 1. The molecule has 0 aliphatic rings. The zero-order valence-electron chi connectivity index (χ0n) is 8.17. The molecule has 0 saturated carbocycles. The van der Waals surface area contributed by atoms with Crippen LogP contribution < -0.4 is 0 Å². The van der Waals surface area contributed by atoms with Gasteiger partial charge in [0.2, 0.25) is 0 Å². The molecule has 0 unspecified atom stereocenters. The maximum Gasteiger partial charge on any atom is 0.412 e. The van der Waals surface area contributed by atoms with Crippen molar-refractivity contribution >= 4 is 7.94 Å². The molecule has 0 saturated heterocycles. The van der Waals surface area contributed by atoms with Gasteiger partial charge >= 0.3 is 7.94 Å². The maximum absolute atomic E-state index is 9.76. The Labute approximate surface area is 83.7 Å². The Morgan fingerprint density at radius 3 is 2.07 bits per heavy atom. The van der Waals surface area contributed by atoms with Gasteiger partial charge in [0.25, 0.3) is 0 Å². The molecule has 2 N–H and O–H groups in total. The van der Waals surface area contributed by atoms with E-state index in [1.807, 2.05) is 0 Å². The molecule has 0 aromatic heterocycles. The lowest BCUT2D eigenvalue weighted by Crippen LogP contribution is -2.00. The van der Waals surface area contributed by atoms with Crippen molar-refractivity contribution in [1.82, 2.24) is 0 Å². The summed E-state index contributed by atoms with van der Waals surface area (Å²) in [6.45, 7) is 0. The van der Waals surface area contributed by atoms with Gasteiger partial charge in [0, 0.05) is 0 Å². The summed E-state index contributed by atoms with van der Waals surface area (Å²) in [5.74, 6) is 0.199. The van der Waals surface area contributed by atoms with Crippen molar-refractivity contribution in [2.75, 3.05) is 14.2 Å². The average Bonchev–Trinajstić information content (AvgIpc) is 2.21. The van der Waals surface area contributed by atoms with Crippen molar-refractivity contribution < 1.29 is 19.0 Å². The monoisotopic (exact) mass is 217 g/mol. The molecule has 1 aromatic rings. The molecule has 0 aliphatic carbocycles. The Balaban J connectivity index is 2.72. The summed E-state index contributed by atoms with van der Waals surface area (Å²) in [4.78, 5) is 9.76. The first-order valence-corrected chi connectivity index (χ1v) is 5.86. The average molecular weight is 217 g/mol. The Morgan fingerprint density at radius 1 is 1.14 bits per heavy atom. The molecule has 0 atom stereocenters. The van der Waals surface area contributed by atoms with Crippen LogP contribution in [0.3, 0.4) is 0 Å². The van der Waals surface area contributed by atoms with E-state index in [1.165, 1.54) is 14.2 Å². The van der Waals surface area contributed by atoms with Crippen molar-refractivity contribution in [3.63, 3.8) is 0 Å². The first kappa shape index (κ1) is 11.4. The Morgan fingerprint density at radius 2 is 1.64 bits per heavy atom. The summed E-state index contributed by atoms with van der Waals surface area (Å²) >= 11 is 0. The van der Waals surface area contributed by atoms with Crippen molar-refractivity contribution in [3.05, 3.63) is 29.8 Å². The van der Waals surface area contributed by atoms with Crippen LogP contribution in [0.25, 0.3) is 0 Å². The van der Waals surface area contributed by atoms with Crippen LogP contribution in [0, 0.1) is 0 Å². The number of phenolic OH excluding ortho intramolecular Hbond substituents is 1. The van der Waals surface area contributed by atoms with Crippen LogP contribution in [-0.2, 0) is 15.2 Å². The molecule has 0 aliphatic heterocycles. The van der Waals surface area contributed by atoms with Gasteiger partial charge in [0.05, 0.1) is 14.2 Å². The number of aromatic hydroxyl groups is 1. The van der Waals surface area contributed by atoms with Crippen LogP contribution >= 0.6 is 7.94 Å². The predicted molar refractivity (Wildman–Crippen MR) is 55.0 cm³/mol. The number of hydrogen-bond donors (Lipinski definition) is 2. The van der Waals surface area contributed by atoms with Crippen LogP contribution in [0.2, 0.25) is 0 Å². The van der Waals surface area contributed by atoms with Crippen LogP contribution in [0.1, 0.15) is 5.56 Å². The molecule has 5 heteroatoms. The summed E-state index contributed by atoms with van der Waals surface area (Å²) < 4.78 is 9.81. The predicted octanol–water partition coefficient (Wildman–Crippen LogP) is 1.94. The van der Waals surface area contributed by atoms with E-state index in [-0.39, 0.29) is 5.75 Å². The highest BCUT2D eigenvalue weighted by Gasteiger charge is 2.37. The van der Waals surface area contributed by atoms with Gasteiger partial charge in [0.15, 0.2) is 6.16 Å². The van der Waals surface area contributed by atoms with Gasteiger partial charge in [0.1, 0.15) is 5.75 Å². The highest BCUT2D eigenvalue weighted by atomic mass is 31.2. The fourth-order valence-corrected chi connectivity index (χ4v) is 2.12. The lowest BCUT2D eigenvalue weighted by atomic mass is 10.2. The smallest absolute Gasteiger partial charge is 0.412 e. The van der Waals surface area contributed by atoms with Crippen LogP contribution in [-0.4, -0.2) is 24.2 Å². The van der Waals surface area contributed by atoms with Gasteiger partial charge in [-0.15, -0.1) is 0 Å². The van der Waals surface area contributed by atoms with Crippen LogP contribution in [0.15, 0.2) is 24.3 Å². The van der Waals surface area contributed by atoms with E-state index >= 15 is 0 Å². The second kappa shape index (κ2) is 4.71. The third-order valence-corrected chi connectivity index (χ3v) is 3.80. The summed E-state index contributed by atoms with van der Waals surface area (Å²) in [6.07, 6.45) is 0.320. The van der Waals surface area contributed by atoms with Crippen molar-refractivity contribution in [1.29, 1.82) is 0 Å². The molecule has 14 heavy (non-hydrogen) atoms. The van der Waals surface area contributed by atoms with Gasteiger partial charge in [-0.3, -0.25) is 0 Å². The summed E-state index contributed by atoms with van der Waals surface area (Å²) in [5.41, 5.74) is 0.863. The molecular weight excluding hydrogens is 203 g/mol. The number of rotatable bonds is 4. The van der Waals surface area contributed by atoms with E-state index < -0.39 is 7.94 Å². The third-order valence-electron chi connectivity index (χ3n) is 1.89. The third kappa shape index (κ3) is 2.93. The number of hydrogen-bond acceptors (Lipinski definition) is 4. The van der Waals surface area contributed by atoms with Gasteiger partial charge in [-0.1, -0.05) is 12.1 Å². The molecule has 0 heterocycles. The highest BCUT2D eigenvalue weighted by Crippen LogP contribution is 2.58. The minimum absolute atomic E-state index is 0.199. The van der Waals surface area contributed by atoms with E-state index in [4.69, 9.17) is 14.2 Å². The van der Waals surface area contributed by atoms with E-state index in [0.29, 0.717) is 6.16 Å². The van der Waals surface area contributed by atoms with Gasteiger partial charge < -0.3 is 5.11 Å². The minimum atomic E-state index is -2.75. The van der Waals surface area contributed by atoms with E-state index in [2.05, 4.69) is 0 Å². The van der Waals surface area contributed by atoms with Crippen LogP contribution in [0.5, 0.6) is 5.75 Å². The molecular formula is C9H14O4P+. The van der Waals surface area contributed by atoms with Gasteiger partial charge in [-0.25, -0.2) is 0 Å². The summed E-state index contributed by atoms with van der Waals surface area (Å²) in [5, 5.41) is 9.05. The lowest BCUT2D eigenvalue weighted by Gasteiger charge is -2.12. The summed E-state index contributed by atoms with van der Waals surface area (Å²) in [6, 6.07) is 6.56. The van der Waals surface area contributed by atoms with E-state index in [0.717, 1.165) is 5.56 Å². The molecule has 0 bridgehead atoms. The Kier molecular flexibility index (Phi) is 3.84. The van der Waals surface area contributed by atoms with Crippen molar-refractivity contribution in [2.45, 2.75) is 6.16 Å².